The summed E-state index contributed by atoms with van der Waals surface area (Å²) in [7, 11) is 0. The Hall–Kier alpha value is -0.610. The Bertz CT molecular complexity index is 335. The van der Waals surface area contributed by atoms with Crippen LogP contribution in [-0.4, -0.2) is 30.7 Å². The summed E-state index contributed by atoms with van der Waals surface area (Å²) in [6.45, 7) is 8.46. The van der Waals surface area contributed by atoms with Gasteiger partial charge in [-0.3, -0.25) is 4.79 Å². The Morgan fingerprint density at radius 1 is 1.30 bits per heavy atom. The van der Waals surface area contributed by atoms with Crippen molar-refractivity contribution in [3.63, 3.8) is 0 Å². The number of ether oxygens (including phenoxy) is 1. The van der Waals surface area contributed by atoms with Crippen LogP contribution in [0.25, 0.3) is 0 Å². The van der Waals surface area contributed by atoms with E-state index in [1.807, 2.05) is 0 Å². The lowest BCUT2D eigenvalue weighted by Gasteiger charge is -2.43. The zero-order chi connectivity index (χ0) is 14.8. The van der Waals surface area contributed by atoms with Crippen LogP contribution in [-0.2, 0) is 9.53 Å². The van der Waals surface area contributed by atoms with Gasteiger partial charge in [-0.1, -0.05) is 20.8 Å². The number of hydrogen-bond acceptors (Lipinski definition) is 3. The summed E-state index contributed by atoms with van der Waals surface area (Å²) in [5, 5.41) is 3.45. The number of nitrogens with two attached hydrogens (primary N) is 1. The van der Waals surface area contributed by atoms with E-state index in [0.29, 0.717) is 11.3 Å². The van der Waals surface area contributed by atoms with Gasteiger partial charge >= 0.3 is 0 Å². The fourth-order valence-corrected chi connectivity index (χ4v) is 3.60. The molecule has 1 saturated carbocycles. The average Bonchev–Trinajstić information content (AvgIpc) is 2.88. The maximum atomic E-state index is 12.0. The number of nitrogens with one attached hydrogen (secondary N) is 1. The minimum atomic E-state index is -0.506. The highest BCUT2D eigenvalue weighted by Gasteiger charge is 2.42. The average molecular weight is 282 g/mol. The maximum absolute atomic E-state index is 12.0. The Labute approximate surface area is 122 Å². The topological polar surface area (TPSA) is 64.3 Å². The first kappa shape index (κ1) is 15.8. The first-order chi connectivity index (χ1) is 9.33. The lowest BCUT2D eigenvalue weighted by Crippen LogP contribution is -2.59. The van der Waals surface area contributed by atoms with Crippen molar-refractivity contribution in [3.8, 4) is 0 Å². The molecule has 2 fully saturated rings. The predicted octanol–water partition coefficient (Wildman–Crippen LogP) is 2.22. The van der Waals surface area contributed by atoms with Crippen LogP contribution in [0.5, 0.6) is 0 Å². The summed E-state index contributed by atoms with van der Waals surface area (Å²) < 4.78 is 5.63. The Balaban J connectivity index is 1.92. The van der Waals surface area contributed by atoms with Crippen molar-refractivity contribution < 1.29 is 9.53 Å². The van der Waals surface area contributed by atoms with Crippen LogP contribution in [0.4, 0.5) is 0 Å². The Morgan fingerprint density at radius 3 is 2.40 bits per heavy atom. The summed E-state index contributed by atoms with van der Waals surface area (Å²) >= 11 is 0. The van der Waals surface area contributed by atoms with Crippen molar-refractivity contribution in [2.75, 3.05) is 13.2 Å². The molecule has 1 unspecified atom stereocenters. The number of carbonyl (C=O) groups is 1. The molecule has 20 heavy (non-hydrogen) atoms. The van der Waals surface area contributed by atoms with Crippen molar-refractivity contribution in [3.05, 3.63) is 0 Å². The molecule has 2 aliphatic rings. The molecule has 4 heteroatoms. The molecule has 0 aromatic carbocycles. The molecule has 2 rings (SSSR count). The minimum Gasteiger partial charge on any atom is -0.377 e. The van der Waals surface area contributed by atoms with Gasteiger partial charge in [0, 0.05) is 13.2 Å². The van der Waals surface area contributed by atoms with Gasteiger partial charge in [-0.05, 0) is 49.9 Å². The molecule has 0 spiro atoms. The van der Waals surface area contributed by atoms with E-state index >= 15 is 0 Å². The summed E-state index contributed by atoms with van der Waals surface area (Å²) in [4.78, 5) is 12.0. The molecule has 1 heterocycles. The lowest BCUT2D eigenvalue weighted by molar-refractivity contribution is -0.126. The second-order valence-electron chi connectivity index (χ2n) is 7.60. The number of carbonyl (C=O) groups excluding carboxylic acids is 1. The molecule has 1 saturated heterocycles. The third-order valence-corrected chi connectivity index (χ3v) is 5.23. The van der Waals surface area contributed by atoms with E-state index in [1.54, 1.807) is 0 Å². The monoisotopic (exact) mass is 282 g/mol. The molecule has 116 valence electrons. The number of rotatable bonds is 4. The molecule has 0 aromatic heterocycles. The van der Waals surface area contributed by atoms with Crippen molar-refractivity contribution in [2.45, 2.75) is 70.9 Å². The molecule has 0 bridgehead atoms. The normalized spacial score (nSPS) is 35.1. The Kier molecular flexibility index (Phi) is 4.75. The summed E-state index contributed by atoms with van der Waals surface area (Å²) in [5.41, 5.74) is 5.51. The molecule has 0 aromatic rings. The van der Waals surface area contributed by atoms with Crippen molar-refractivity contribution in [1.82, 2.24) is 5.32 Å². The molecule has 1 atom stereocenters. The van der Waals surface area contributed by atoms with Gasteiger partial charge in [-0.15, -0.1) is 0 Å². The zero-order valence-corrected chi connectivity index (χ0v) is 13.2. The van der Waals surface area contributed by atoms with E-state index in [1.165, 1.54) is 0 Å². The smallest absolute Gasteiger partial charge is 0.237 e. The zero-order valence-electron chi connectivity index (χ0n) is 13.2. The van der Waals surface area contributed by atoms with Crippen LogP contribution in [0, 0.1) is 11.3 Å². The third kappa shape index (κ3) is 3.53. The van der Waals surface area contributed by atoms with E-state index < -0.39 is 5.54 Å². The van der Waals surface area contributed by atoms with E-state index in [4.69, 9.17) is 10.5 Å². The molecule has 1 aliphatic carbocycles. The highest BCUT2D eigenvalue weighted by Crippen LogP contribution is 2.41. The lowest BCUT2D eigenvalue weighted by atomic mass is 9.67. The summed E-state index contributed by atoms with van der Waals surface area (Å²) in [6, 6.07) is 0. The van der Waals surface area contributed by atoms with Crippen molar-refractivity contribution in [1.29, 1.82) is 0 Å². The quantitative estimate of drug-likeness (QED) is 0.831. The van der Waals surface area contributed by atoms with E-state index in [9.17, 15) is 4.79 Å². The first-order valence-electron chi connectivity index (χ1n) is 8.00. The molecule has 1 amide bonds. The first-order valence-corrected chi connectivity index (χ1v) is 8.00. The second-order valence-corrected chi connectivity index (χ2v) is 7.60. The standard InChI is InChI=1S/C16H30N2O2/c1-15(2,3)12-6-8-16(9-7-12,14(17)19)18-11-13-5-4-10-20-13/h12-13,18H,4-11H2,1-3H3,(H2,17,19). The van der Waals surface area contributed by atoms with Crippen LogP contribution < -0.4 is 11.1 Å². The number of primary amides is 1. The molecule has 0 radical (unpaired) electrons. The van der Waals surface area contributed by atoms with Crippen LogP contribution in [0.3, 0.4) is 0 Å². The van der Waals surface area contributed by atoms with Crippen LogP contribution in [0.1, 0.15) is 59.3 Å². The molecule has 1 aliphatic heterocycles. The van der Waals surface area contributed by atoms with Gasteiger partial charge < -0.3 is 15.8 Å². The van der Waals surface area contributed by atoms with Gasteiger partial charge in [0.15, 0.2) is 0 Å². The van der Waals surface area contributed by atoms with Crippen LogP contribution in [0.15, 0.2) is 0 Å². The van der Waals surface area contributed by atoms with Gasteiger partial charge in [0.05, 0.1) is 11.6 Å². The third-order valence-electron chi connectivity index (χ3n) is 5.23. The predicted molar refractivity (Wildman–Crippen MR) is 80.3 cm³/mol. The fourth-order valence-electron chi connectivity index (χ4n) is 3.60. The van der Waals surface area contributed by atoms with E-state index in [2.05, 4.69) is 26.1 Å². The largest absolute Gasteiger partial charge is 0.377 e. The van der Waals surface area contributed by atoms with Gasteiger partial charge in [0.1, 0.15) is 0 Å². The van der Waals surface area contributed by atoms with Crippen molar-refractivity contribution >= 4 is 5.91 Å². The molecular formula is C16H30N2O2. The number of hydrogen-bond donors (Lipinski definition) is 2. The maximum Gasteiger partial charge on any atom is 0.237 e. The van der Waals surface area contributed by atoms with E-state index in [0.717, 1.165) is 51.7 Å². The summed E-state index contributed by atoms with van der Waals surface area (Å²) in [6.07, 6.45) is 6.34. The van der Waals surface area contributed by atoms with Gasteiger partial charge in [-0.25, -0.2) is 0 Å². The van der Waals surface area contributed by atoms with Gasteiger partial charge in [0.25, 0.3) is 0 Å². The molecule has 4 nitrogen and oxygen atoms in total. The number of amides is 1. The summed E-state index contributed by atoms with van der Waals surface area (Å²) in [5.74, 6) is 0.488. The SMILES string of the molecule is CC(C)(C)C1CCC(NCC2CCCO2)(C(N)=O)CC1. The second kappa shape index (κ2) is 6.02. The molecular weight excluding hydrogens is 252 g/mol. The van der Waals surface area contributed by atoms with Gasteiger partial charge in [0.2, 0.25) is 5.91 Å². The highest BCUT2D eigenvalue weighted by molar-refractivity contribution is 5.84. The Morgan fingerprint density at radius 2 is 1.95 bits per heavy atom. The highest BCUT2D eigenvalue weighted by atomic mass is 16.5. The fraction of sp³-hybridized carbons (Fsp3) is 0.938. The van der Waals surface area contributed by atoms with Gasteiger partial charge in [-0.2, -0.15) is 0 Å². The van der Waals surface area contributed by atoms with Crippen LogP contribution >= 0.6 is 0 Å². The van der Waals surface area contributed by atoms with Crippen LogP contribution in [0.2, 0.25) is 0 Å². The minimum absolute atomic E-state index is 0.192. The van der Waals surface area contributed by atoms with E-state index in [-0.39, 0.29) is 12.0 Å². The molecule has 3 N–H and O–H groups in total. The van der Waals surface area contributed by atoms with Crippen molar-refractivity contribution in [2.24, 2.45) is 17.1 Å².